The molecule has 0 aliphatic carbocycles. The van der Waals surface area contributed by atoms with E-state index in [1.807, 2.05) is 6.07 Å². The van der Waals surface area contributed by atoms with Crippen molar-refractivity contribution in [2.24, 2.45) is 5.73 Å². The number of amides is 3. The molecule has 0 unspecified atom stereocenters. The summed E-state index contributed by atoms with van der Waals surface area (Å²) >= 11 is 0. The van der Waals surface area contributed by atoms with Crippen LogP contribution in [-0.2, 0) is 36.9 Å². The van der Waals surface area contributed by atoms with Crippen LogP contribution in [0, 0.1) is 5.82 Å². The highest BCUT2D eigenvalue weighted by Crippen LogP contribution is 2.10. The van der Waals surface area contributed by atoms with Crippen LogP contribution in [-0.4, -0.2) is 35.8 Å². The molecular weight excluding hydrogens is 405 g/mol. The van der Waals surface area contributed by atoms with Crippen LogP contribution in [0.15, 0.2) is 54.6 Å². The summed E-state index contributed by atoms with van der Waals surface area (Å²) in [4.78, 5) is 48.0. The number of hydrogen-bond donors (Lipinski definition) is 3. The van der Waals surface area contributed by atoms with Crippen LogP contribution in [0.3, 0.4) is 0 Å². The van der Waals surface area contributed by atoms with Gasteiger partial charge in [-0.1, -0.05) is 48.5 Å². The van der Waals surface area contributed by atoms with Gasteiger partial charge in [-0.05, 0) is 17.2 Å². The second kappa shape index (κ2) is 11.4. The van der Waals surface area contributed by atoms with Crippen LogP contribution < -0.4 is 16.4 Å². The van der Waals surface area contributed by atoms with Gasteiger partial charge in [0.1, 0.15) is 24.5 Å². The van der Waals surface area contributed by atoms with Gasteiger partial charge in [-0.25, -0.2) is 4.39 Å². The van der Waals surface area contributed by atoms with Gasteiger partial charge in [-0.2, -0.15) is 0 Å². The molecule has 0 aromatic heterocycles. The lowest BCUT2D eigenvalue weighted by Crippen LogP contribution is -2.54. The van der Waals surface area contributed by atoms with Gasteiger partial charge in [0.05, 0.1) is 6.42 Å². The number of nitrogens with one attached hydrogen (secondary N) is 2. The molecule has 2 atom stereocenters. The number of hydrogen-bond acceptors (Lipinski definition) is 5. The summed E-state index contributed by atoms with van der Waals surface area (Å²) in [5, 5.41) is 4.75. The Morgan fingerprint density at radius 2 is 1.61 bits per heavy atom. The molecule has 0 aliphatic heterocycles. The first kappa shape index (κ1) is 23.5. The molecule has 2 aromatic rings. The Kier molecular flexibility index (Phi) is 8.68. The van der Waals surface area contributed by atoms with Crippen molar-refractivity contribution in [1.82, 2.24) is 10.6 Å². The molecule has 0 aliphatic rings. The fourth-order valence-corrected chi connectivity index (χ4v) is 2.80. The third kappa shape index (κ3) is 7.88. The number of halogens is 1. The maximum atomic E-state index is 14.0. The van der Waals surface area contributed by atoms with E-state index in [1.165, 1.54) is 25.1 Å². The predicted octanol–water partition coefficient (Wildman–Crippen LogP) is 0.976. The number of benzene rings is 2. The van der Waals surface area contributed by atoms with Crippen LogP contribution >= 0.6 is 0 Å². The molecule has 0 bridgehead atoms. The molecule has 8 nitrogen and oxygen atoms in total. The minimum atomic E-state index is -1.35. The zero-order valence-electron chi connectivity index (χ0n) is 17.0. The standard InChI is InChI=1S/C22H24FN3O5/c1-14(27)25-19(11-16-9-5-6-10-17(16)23)22(30)26-18(21(24)29)12-20(28)31-13-15-7-3-2-4-8-15/h2-10,18-19H,11-13H2,1H3,(H2,24,29)(H,25,27)(H,26,30)/t18-,19-/m1/s1. The Bertz CT molecular complexity index is 936. The van der Waals surface area contributed by atoms with E-state index in [1.54, 1.807) is 30.3 Å². The van der Waals surface area contributed by atoms with Crippen LogP contribution in [0.25, 0.3) is 0 Å². The highest BCUT2D eigenvalue weighted by molar-refractivity contribution is 5.93. The fraction of sp³-hybridized carbons (Fsp3) is 0.273. The number of nitrogens with two attached hydrogens (primary N) is 1. The first-order valence-electron chi connectivity index (χ1n) is 9.56. The van der Waals surface area contributed by atoms with Gasteiger partial charge in [0, 0.05) is 13.3 Å². The highest BCUT2D eigenvalue weighted by atomic mass is 19.1. The zero-order valence-corrected chi connectivity index (χ0v) is 17.0. The third-order valence-electron chi connectivity index (χ3n) is 4.35. The molecule has 0 heterocycles. The van der Waals surface area contributed by atoms with Gasteiger partial charge in [-0.3, -0.25) is 19.2 Å². The lowest BCUT2D eigenvalue weighted by molar-refractivity contribution is -0.147. The van der Waals surface area contributed by atoms with Crippen molar-refractivity contribution < 1.29 is 28.3 Å². The smallest absolute Gasteiger partial charge is 0.308 e. The fourth-order valence-electron chi connectivity index (χ4n) is 2.80. The molecule has 0 saturated heterocycles. The van der Waals surface area contributed by atoms with Gasteiger partial charge in [-0.15, -0.1) is 0 Å². The maximum Gasteiger partial charge on any atom is 0.308 e. The maximum absolute atomic E-state index is 14.0. The summed E-state index contributed by atoms with van der Waals surface area (Å²) in [7, 11) is 0. The van der Waals surface area contributed by atoms with E-state index >= 15 is 0 Å². The zero-order chi connectivity index (χ0) is 22.8. The molecule has 0 radical (unpaired) electrons. The molecule has 164 valence electrons. The molecule has 4 N–H and O–H groups in total. The summed E-state index contributed by atoms with van der Waals surface area (Å²) in [5.74, 6) is -3.52. The number of ether oxygens (including phenoxy) is 1. The predicted molar refractivity (Wildman–Crippen MR) is 110 cm³/mol. The number of primary amides is 1. The number of carbonyl (C=O) groups excluding carboxylic acids is 4. The second-order valence-corrected chi connectivity index (χ2v) is 6.86. The van der Waals surface area contributed by atoms with E-state index in [-0.39, 0.29) is 18.6 Å². The van der Waals surface area contributed by atoms with Gasteiger partial charge < -0.3 is 21.1 Å². The molecule has 0 saturated carbocycles. The van der Waals surface area contributed by atoms with E-state index in [2.05, 4.69) is 10.6 Å². The van der Waals surface area contributed by atoms with E-state index in [0.29, 0.717) is 0 Å². The van der Waals surface area contributed by atoms with E-state index in [9.17, 15) is 23.6 Å². The Balaban J connectivity index is 2.01. The summed E-state index contributed by atoms with van der Waals surface area (Å²) in [6.07, 6.45) is -0.636. The third-order valence-corrected chi connectivity index (χ3v) is 4.35. The number of carbonyl (C=O) groups is 4. The topological polar surface area (TPSA) is 128 Å². The Hall–Kier alpha value is -3.75. The Labute approximate surface area is 179 Å². The highest BCUT2D eigenvalue weighted by Gasteiger charge is 2.28. The van der Waals surface area contributed by atoms with E-state index in [4.69, 9.17) is 10.5 Å². The van der Waals surface area contributed by atoms with Crippen LogP contribution in [0.5, 0.6) is 0 Å². The molecule has 3 amide bonds. The van der Waals surface area contributed by atoms with Gasteiger partial charge in [0.2, 0.25) is 17.7 Å². The first-order chi connectivity index (χ1) is 14.8. The molecule has 0 spiro atoms. The van der Waals surface area contributed by atoms with Crippen LogP contribution in [0.4, 0.5) is 4.39 Å². The largest absolute Gasteiger partial charge is 0.461 e. The van der Waals surface area contributed by atoms with E-state index < -0.39 is 48.0 Å². The molecule has 2 aromatic carbocycles. The monoisotopic (exact) mass is 429 g/mol. The van der Waals surface area contributed by atoms with Crippen molar-refractivity contribution in [1.29, 1.82) is 0 Å². The minimum absolute atomic E-state index is 0.000896. The number of rotatable bonds is 10. The Morgan fingerprint density at radius 1 is 0.968 bits per heavy atom. The average molecular weight is 429 g/mol. The van der Waals surface area contributed by atoms with Crippen molar-refractivity contribution >= 4 is 23.7 Å². The van der Waals surface area contributed by atoms with Gasteiger partial charge in [0.15, 0.2) is 0 Å². The molecule has 9 heteroatoms. The molecule has 31 heavy (non-hydrogen) atoms. The molecular formula is C22H24FN3O5. The van der Waals surface area contributed by atoms with Gasteiger partial charge >= 0.3 is 5.97 Å². The normalized spacial score (nSPS) is 12.3. The van der Waals surface area contributed by atoms with Gasteiger partial charge in [0.25, 0.3) is 0 Å². The lowest BCUT2D eigenvalue weighted by Gasteiger charge is -2.21. The quantitative estimate of drug-likeness (QED) is 0.485. The van der Waals surface area contributed by atoms with Crippen LogP contribution in [0.1, 0.15) is 24.5 Å². The van der Waals surface area contributed by atoms with E-state index in [0.717, 1.165) is 5.56 Å². The lowest BCUT2D eigenvalue weighted by atomic mass is 10.0. The minimum Gasteiger partial charge on any atom is -0.461 e. The van der Waals surface area contributed by atoms with Crippen molar-refractivity contribution in [2.75, 3.05) is 0 Å². The average Bonchev–Trinajstić information content (AvgIpc) is 2.73. The summed E-state index contributed by atoms with van der Waals surface area (Å²) in [6.45, 7) is 1.20. The molecule has 0 fully saturated rings. The van der Waals surface area contributed by atoms with Crippen molar-refractivity contribution in [3.63, 3.8) is 0 Å². The Morgan fingerprint density at radius 3 is 2.23 bits per heavy atom. The van der Waals surface area contributed by atoms with Crippen LogP contribution in [0.2, 0.25) is 0 Å². The SMILES string of the molecule is CC(=O)N[C@H](Cc1ccccc1F)C(=O)N[C@H](CC(=O)OCc1ccccc1)C(N)=O. The summed E-state index contributed by atoms with van der Waals surface area (Å²) < 4.78 is 19.1. The number of esters is 1. The van der Waals surface area contributed by atoms with Crippen molar-refractivity contribution in [2.45, 2.75) is 38.5 Å². The van der Waals surface area contributed by atoms with Crippen molar-refractivity contribution in [3.8, 4) is 0 Å². The summed E-state index contributed by atoms with van der Waals surface area (Å²) in [6, 6.07) is 12.2. The first-order valence-corrected chi connectivity index (χ1v) is 9.56. The summed E-state index contributed by atoms with van der Waals surface area (Å²) in [5.41, 5.74) is 6.27. The molecule has 2 rings (SSSR count). The second-order valence-electron chi connectivity index (χ2n) is 6.86. The van der Waals surface area contributed by atoms with Crippen molar-refractivity contribution in [3.05, 3.63) is 71.5 Å².